The van der Waals surface area contributed by atoms with Gasteiger partial charge in [-0.25, -0.2) is 9.82 Å². The number of hydrogen-bond acceptors (Lipinski definition) is 2. The molecule has 1 aromatic carbocycles. The molecule has 3 N–H and O–H groups in total. The van der Waals surface area contributed by atoms with Gasteiger partial charge in [0, 0.05) is 10.6 Å². The molecule has 0 saturated heterocycles. The molecule has 0 aliphatic carbocycles. The molecule has 0 radical (unpaired) electrons. The average molecular weight is 215 g/mol. The van der Waals surface area contributed by atoms with Crippen molar-refractivity contribution in [2.75, 3.05) is 0 Å². The first kappa shape index (κ1) is 11.2. The molecular formula is C10H12ClFN2. The van der Waals surface area contributed by atoms with Crippen molar-refractivity contribution in [3.8, 4) is 0 Å². The van der Waals surface area contributed by atoms with Crippen LogP contribution >= 0.6 is 11.6 Å². The van der Waals surface area contributed by atoms with E-state index in [1.807, 2.05) is 0 Å². The van der Waals surface area contributed by atoms with Gasteiger partial charge in [-0.3, -0.25) is 5.84 Å². The van der Waals surface area contributed by atoms with Gasteiger partial charge in [-0.2, -0.15) is 0 Å². The average Bonchev–Trinajstić information content (AvgIpc) is 2.10. The molecule has 0 aromatic heterocycles. The lowest BCUT2D eigenvalue weighted by molar-refractivity contribution is 0.556. The van der Waals surface area contributed by atoms with Crippen LogP contribution in [0.3, 0.4) is 0 Å². The maximum Gasteiger partial charge on any atom is 0.129 e. The number of nitrogens with one attached hydrogen (secondary N) is 1. The van der Waals surface area contributed by atoms with Gasteiger partial charge in [0.05, 0.1) is 6.04 Å². The van der Waals surface area contributed by atoms with Crippen molar-refractivity contribution in [2.24, 2.45) is 5.84 Å². The molecule has 0 fully saturated rings. The van der Waals surface area contributed by atoms with Crippen molar-refractivity contribution < 1.29 is 4.39 Å². The van der Waals surface area contributed by atoms with E-state index >= 15 is 0 Å². The lowest BCUT2D eigenvalue weighted by Crippen LogP contribution is -2.29. The number of nitrogens with two attached hydrogens (primary N) is 1. The fourth-order valence-corrected chi connectivity index (χ4v) is 1.53. The van der Waals surface area contributed by atoms with Crippen molar-refractivity contribution >= 4 is 11.6 Å². The summed E-state index contributed by atoms with van der Waals surface area (Å²) < 4.78 is 13.4. The molecule has 4 heteroatoms. The lowest BCUT2D eigenvalue weighted by atomic mass is 10.0. The third kappa shape index (κ3) is 2.12. The zero-order chi connectivity index (χ0) is 10.7. The topological polar surface area (TPSA) is 38.0 Å². The number of halogens is 2. The van der Waals surface area contributed by atoms with E-state index in [0.717, 1.165) is 0 Å². The van der Waals surface area contributed by atoms with Crippen LogP contribution in [0.15, 0.2) is 30.4 Å². The largest absolute Gasteiger partial charge is 0.271 e. The van der Waals surface area contributed by atoms with Crippen LogP contribution in [0.2, 0.25) is 5.02 Å². The van der Waals surface area contributed by atoms with Gasteiger partial charge in [0.1, 0.15) is 5.82 Å². The summed E-state index contributed by atoms with van der Waals surface area (Å²) in [7, 11) is 0. The third-order valence-corrected chi connectivity index (χ3v) is 2.28. The van der Waals surface area contributed by atoms with Gasteiger partial charge in [0.15, 0.2) is 0 Å². The molecule has 1 unspecified atom stereocenters. The second-order valence-electron chi connectivity index (χ2n) is 3.08. The summed E-state index contributed by atoms with van der Waals surface area (Å²) >= 11 is 5.87. The predicted molar refractivity (Wildman–Crippen MR) is 56.3 cm³/mol. The molecule has 0 aliphatic rings. The minimum absolute atomic E-state index is 0.337. The summed E-state index contributed by atoms with van der Waals surface area (Å²) in [5.41, 5.74) is 3.52. The normalized spacial score (nSPS) is 12.6. The maximum atomic E-state index is 13.4. The van der Waals surface area contributed by atoms with Crippen LogP contribution in [-0.4, -0.2) is 0 Å². The molecule has 1 atom stereocenters. The maximum absolute atomic E-state index is 13.4. The first-order valence-corrected chi connectivity index (χ1v) is 4.51. The fourth-order valence-electron chi connectivity index (χ4n) is 1.26. The summed E-state index contributed by atoms with van der Waals surface area (Å²) in [6.07, 6.45) is 0. The van der Waals surface area contributed by atoms with Crippen LogP contribution in [0.5, 0.6) is 0 Å². The smallest absolute Gasteiger partial charge is 0.129 e. The van der Waals surface area contributed by atoms with Crippen molar-refractivity contribution in [3.63, 3.8) is 0 Å². The predicted octanol–water partition coefficient (Wildman–Crippen LogP) is 2.56. The highest BCUT2D eigenvalue weighted by Gasteiger charge is 2.17. The van der Waals surface area contributed by atoms with Gasteiger partial charge in [0.25, 0.3) is 0 Å². The lowest BCUT2D eigenvalue weighted by Gasteiger charge is -2.18. The summed E-state index contributed by atoms with van der Waals surface area (Å²) in [5, 5.41) is 0.343. The minimum Gasteiger partial charge on any atom is -0.271 e. The van der Waals surface area contributed by atoms with E-state index in [-0.39, 0.29) is 5.82 Å². The number of hydrogen-bond donors (Lipinski definition) is 2. The highest BCUT2D eigenvalue weighted by Crippen LogP contribution is 2.28. The Balaban J connectivity index is 3.22. The molecule has 0 heterocycles. The van der Waals surface area contributed by atoms with Crippen LogP contribution in [0.25, 0.3) is 0 Å². The van der Waals surface area contributed by atoms with Crippen LogP contribution in [-0.2, 0) is 0 Å². The van der Waals surface area contributed by atoms with Crippen LogP contribution in [0, 0.1) is 5.82 Å². The van der Waals surface area contributed by atoms with Crippen molar-refractivity contribution in [2.45, 2.75) is 13.0 Å². The first-order valence-electron chi connectivity index (χ1n) is 4.13. The molecule has 0 saturated carbocycles. The molecule has 14 heavy (non-hydrogen) atoms. The Kier molecular flexibility index (Phi) is 3.63. The Morgan fingerprint density at radius 2 is 2.29 bits per heavy atom. The molecule has 0 aliphatic heterocycles. The van der Waals surface area contributed by atoms with Crippen molar-refractivity contribution in [3.05, 3.63) is 46.8 Å². The van der Waals surface area contributed by atoms with Crippen molar-refractivity contribution in [1.82, 2.24) is 5.43 Å². The quantitative estimate of drug-likeness (QED) is 0.461. The molecule has 2 nitrogen and oxygen atoms in total. The minimum atomic E-state index is -0.455. The molecule has 1 aromatic rings. The summed E-state index contributed by atoms with van der Waals surface area (Å²) in [4.78, 5) is 0. The summed E-state index contributed by atoms with van der Waals surface area (Å²) in [6.45, 7) is 5.47. The zero-order valence-corrected chi connectivity index (χ0v) is 8.61. The number of benzene rings is 1. The van der Waals surface area contributed by atoms with E-state index in [2.05, 4.69) is 12.0 Å². The zero-order valence-electron chi connectivity index (χ0n) is 7.85. The van der Waals surface area contributed by atoms with Crippen molar-refractivity contribution in [1.29, 1.82) is 0 Å². The van der Waals surface area contributed by atoms with Crippen LogP contribution < -0.4 is 11.3 Å². The van der Waals surface area contributed by atoms with E-state index in [4.69, 9.17) is 17.4 Å². The Morgan fingerprint density at radius 3 is 2.71 bits per heavy atom. The van der Waals surface area contributed by atoms with E-state index in [1.165, 1.54) is 6.07 Å². The molecule has 0 amide bonds. The van der Waals surface area contributed by atoms with E-state index in [0.29, 0.717) is 16.2 Å². The fraction of sp³-hybridized carbons (Fsp3) is 0.200. The van der Waals surface area contributed by atoms with Gasteiger partial charge in [0.2, 0.25) is 0 Å². The van der Waals surface area contributed by atoms with E-state index < -0.39 is 6.04 Å². The second kappa shape index (κ2) is 4.55. The van der Waals surface area contributed by atoms with Gasteiger partial charge >= 0.3 is 0 Å². The molecular weight excluding hydrogens is 203 g/mol. The van der Waals surface area contributed by atoms with Crippen LogP contribution in [0.4, 0.5) is 4.39 Å². The monoisotopic (exact) mass is 214 g/mol. The highest BCUT2D eigenvalue weighted by atomic mass is 35.5. The SMILES string of the molecule is C=C(C)C(NN)c1c(F)cccc1Cl. The van der Waals surface area contributed by atoms with Gasteiger partial charge in [-0.05, 0) is 19.1 Å². The highest BCUT2D eigenvalue weighted by molar-refractivity contribution is 6.31. The summed E-state index contributed by atoms with van der Waals surface area (Å²) in [5.74, 6) is 4.92. The van der Waals surface area contributed by atoms with Crippen LogP contribution in [0.1, 0.15) is 18.5 Å². The molecule has 0 bridgehead atoms. The summed E-state index contributed by atoms with van der Waals surface area (Å²) in [6, 6.07) is 4.05. The number of hydrazine groups is 1. The Labute approximate surface area is 87.5 Å². The van der Waals surface area contributed by atoms with Gasteiger partial charge < -0.3 is 0 Å². The third-order valence-electron chi connectivity index (χ3n) is 1.95. The second-order valence-corrected chi connectivity index (χ2v) is 3.49. The molecule has 76 valence electrons. The Bertz CT molecular complexity index is 332. The van der Waals surface area contributed by atoms with E-state index in [9.17, 15) is 4.39 Å². The Morgan fingerprint density at radius 1 is 1.64 bits per heavy atom. The first-order chi connectivity index (χ1) is 6.57. The standard InChI is InChI=1S/C10H12ClFN2/c1-6(2)10(14-13)9-7(11)4-3-5-8(9)12/h3-5,10,14H,1,13H2,2H3. The Hall–Kier alpha value is -0.900. The van der Waals surface area contributed by atoms with Gasteiger partial charge in [-0.1, -0.05) is 29.8 Å². The number of rotatable bonds is 3. The molecule has 0 spiro atoms. The van der Waals surface area contributed by atoms with Gasteiger partial charge in [-0.15, -0.1) is 0 Å². The van der Waals surface area contributed by atoms with E-state index in [1.54, 1.807) is 19.1 Å². The molecule has 1 rings (SSSR count).